The number of nitrogens with zero attached hydrogens (tertiary/aromatic N) is 6. The molecular weight excluding hydrogens is 288 g/mol. The maximum Gasteiger partial charge on any atom is 0.256 e. The summed E-state index contributed by atoms with van der Waals surface area (Å²) in [6.45, 7) is 7.67. The molecule has 0 radical (unpaired) electrons. The van der Waals surface area contributed by atoms with Crippen LogP contribution in [0.1, 0.15) is 27.2 Å². The third kappa shape index (κ3) is 2.85. The largest absolute Gasteiger partial charge is 0.337 e. The summed E-state index contributed by atoms with van der Waals surface area (Å²) in [6.07, 6.45) is 4.70. The van der Waals surface area contributed by atoms with Crippen LogP contribution >= 0.6 is 11.6 Å². The topological polar surface area (TPSA) is 59.7 Å². The lowest BCUT2D eigenvalue weighted by atomic mass is 9.86. The van der Waals surface area contributed by atoms with Gasteiger partial charge in [0.15, 0.2) is 0 Å². The molecule has 2 aromatic rings. The minimum absolute atomic E-state index is 0.198. The second-order valence-corrected chi connectivity index (χ2v) is 6.20. The van der Waals surface area contributed by atoms with E-state index in [1.165, 1.54) is 6.42 Å². The van der Waals surface area contributed by atoms with Gasteiger partial charge in [-0.3, -0.25) is 0 Å². The smallest absolute Gasteiger partial charge is 0.256 e. The number of hydrogen-bond acceptors (Lipinski definition) is 5. The highest BCUT2D eigenvalue weighted by molar-refractivity contribution is 6.28. The van der Waals surface area contributed by atoms with E-state index in [1.807, 2.05) is 6.07 Å². The molecule has 0 saturated carbocycles. The zero-order valence-corrected chi connectivity index (χ0v) is 13.2. The van der Waals surface area contributed by atoms with Crippen molar-refractivity contribution in [3.05, 3.63) is 23.7 Å². The van der Waals surface area contributed by atoms with Crippen LogP contribution in [0.2, 0.25) is 5.28 Å². The van der Waals surface area contributed by atoms with Gasteiger partial charge in [-0.05, 0) is 42.8 Å². The van der Waals surface area contributed by atoms with Gasteiger partial charge >= 0.3 is 0 Å². The molecule has 3 unspecified atom stereocenters. The molecule has 1 aliphatic rings. The van der Waals surface area contributed by atoms with Gasteiger partial charge in [-0.2, -0.15) is 20.1 Å². The summed E-state index contributed by atoms with van der Waals surface area (Å²) in [4.78, 5) is 15.2. The standard InChI is InChI=1S/C14H19ClN6/c1-9-7-10(2)11(3)20(8-9)13-17-12(15)18-14(19-13)21-6-4-5-16-21/h4-6,9-11H,7-8H2,1-3H3. The van der Waals surface area contributed by atoms with E-state index in [1.54, 1.807) is 17.1 Å². The van der Waals surface area contributed by atoms with E-state index in [9.17, 15) is 0 Å². The maximum atomic E-state index is 6.08. The summed E-state index contributed by atoms with van der Waals surface area (Å²) in [6, 6.07) is 2.20. The van der Waals surface area contributed by atoms with E-state index < -0.39 is 0 Å². The van der Waals surface area contributed by atoms with E-state index >= 15 is 0 Å². The Morgan fingerprint density at radius 3 is 2.62 bits per heavy atom. The molecule has 21 heavy (non-hydrogen) atoms. The third-order valence-electron chi connectivity index (χ3n) is 4.15. The Balaban J connectivity index is 1.98. The van der Waals surface area contributed by atoms with Gasteiger partial charge in [0.1, 0.15) is 0 Å². The molecule has 1 saturated heterocycles. The Hall–Kier alpha value is -1.69. The van der Waals surface area contributed by atoms with Gasteiger partial charge in [0.25, 0.3) is 5.95 Å². The van der Waals surface area contributed by atoms with Crippen LogP contribution in [0, 0.1) is 11.8 Å². The molecule has 112 valence electrons. The number of anilines is 1. The minimum atomic E-state index is 0.198. The third-order valence-corrected chi connectivity index (χ3v) is 4.32. The van der Waals surface area contributed by atoms with Crippen LogP contribution in [0.25, 0.3) is 5.95 Å². The Bertz CT molecular complexity index is 614. The monoisotopic (exact) mass is 306 g/mol. The average molecular weight is 307 g/mol. The number of piperidine rings is 1. The van der Waals surface area contributed by atoms with Crippen molar-refractivity contribution in [2.45, 2.75) is 33.2 Å². The zero-order chi connectivity index (χ0) is 15.0. The van der Waals surface area contributed by atoms with Gasteiger partial charge in [-0.25, -0.2) is 4.68 Å². The van der Waals surface area contributed by atoms with Crippen molar-refractivity contribution in [2.24, 2.45) is 11.8 Å². The summed E-state index contributed by atoms with van der Waals surface area (Å²) >= 11 is 6.08. The number of aromatic nitrogens is 5. The molecule has 3 atom stereocenters. The SMILES string of the molecule is CC1CC(C)C(C)N(c2nc(Cl)nc(-n3cccn3)n2)C1. The normalized spacial score (nSPS) is 26.1. The number of hydrogen-bond donors (Lipinski definition) is 0. The average Bonchev–Trinajstić information content (AvgIpc) is 2.96. The quantitative estimate of drug-likeness (QED) is 0.853. The van der Waals surface area contributed by atoms with Gasteiger partial charge in [0.2, 0.25) is 11.2 Å². The Labute approximate surface area is 129 Å². The van der Waals surface area contributed by atoms with Crippen LogP contribution in [0.4, 0.5) is 5.95 Å². The van der Waals surface area contributed by atoms with Gasteiger partial charge in [-0.1, -0.05) is 13.8 Å². The highest BCUT2D eigenvalue weighted by Gasteiger charge is 2.31. The Morgan fingerprint density at radius 2 is 1.90 bits per heavy atom. The van der Waals surface area contributed by atoms with E-state index in [0.29, 0.717) is 29.8 Å². The van der Waals surface area contributed by atoms with Gasteiger partial charge < -0.3 is 4.90 Å². The molecule has 1 aliphatic heterocycles. The first-order valence-corrected chi connectivity index (χ1v) is 7.60. The van der Waals surface area contributed by atoms with Crippen LogP contribution < -0.4 is 4.90 Å². The van der Waals surface area contributed by atoms with Crippen LogP contribution in [0.3, 0.4) is 0 Å². The van der Waals surface area contributed by atoms with Crippen LogP contribution in [0.15, 0.2) is 18.5 Å². The molecule has 0 aromatic carbocycles. The second-order valence-electron chi connectivity index (χ2n) is 5.87. The van der Waals surface area contributed by atoms with Crippen molar-refractivity contribution in [1.82, 2.24) is 24.7 Å². The lowest BCUT2D eigenvalue weighted by Crippen LogP contribution is -2.46. The molecule has 1 fully saturated rings. The summed E-state index contributed by atoms with van der Waals surface area (Å²) in [5.74, 6) is 2.29. The van der Waals surface area contributed by atoms with E-state index in [4.69, 9.17) is 11.6 Å². The van der Waals surface area contributed by atoms with Gasteiger partial charge in [0, 0.05) is 25.0 Å². The summed E-state index contributed by atoms with van der Waals surface area (Å²) in [5, 5.41) is 4.35. The fourth-order valence-electron chi connectivity index (χ4n) is 2.93. The second kappa shape index (κ2) is 5.60. The molecular formula is C14H19ClN6. The molecule has 0 N–H and O–H groups in total. The van der Waals surface area contributed by atoms with Crippen molar-refractivity contribution < 1.29 is 0 Å². The molecule has 0 bridgehead atoms. The van der Waals surface area contributed by atoms with Gasteiger partial charge in [0.05, 0.1) is 0 Å². The van der Waals surface area contributed by atoms with Crippen molar-refractivity contribution in [3.63, 3.8) is 0 Å². The first-order valence-electron chi connectivity index (χ1n) is 7.23. The van der Waals surface area contributed by atoms with Crippen molar-refractivity contribution in [2.75, 3.05) is 11.4 Å². The van der Waals surface area contributed by atoms with Gasteiger partial charge in [-0.15, -0.1) is 0 Å². The highest BCUT2D eigenvalue weighted by atomic mass is 35.5. The van der Waals surface area contributed by atoms with Crippen molar-refractivity contribution in [3.8, 4) is 5.95 Å². The molecule has 3 rings (SSSR count). The predicted molar refractivity (Wildman–Crippen MR) is 81.7 cm³/mol. The highest BCUT2D eigenvalue weighted by Crippen LogP contribution is 2.29. The first kappa shape index (κ1) is 14.3. The molecule has 7 heteroatoms. The van der Waals surface area contributed by atoms with E-state index in [-0.39, 0.29) is 5.28 Å². The van der Waals surface area contributed by atoms with Crippen molar-refractivity contribution >= 4 is 17.5 Å². The molecule has 3 heterocycles. The van der Waals surface area contributed by atoms with Crippen LogP contribution in [0.5, 0.6) is 0 Å². The lowest BCUT2D eigenvalue weighted by molar-refractivity contribution is 0.293. The molecule has 2 aromatic heterocycles. The first-order chi connectivity index (χ1) is 10.0. The Morgan fingerprint density at radius 1 is 1.14 bits per heavy atom. The fraction of sp³-hybridized carbons (Fsp3) is 0.571. The lowest BCUT2D eigenvalue weighted by Gasteiger charge is -2.41. The van der Waals surface area contributed by atoms with E-state index in [2.05, 4.69) is 45.7 Å². The van der Waals surface area contributed by atoms with Crippen LogP contribution in [-0.4, -0.2) is 37.3 Å². The molecule has 6 nitrogen and oxygen atoms in total. The van der Waals surface area contributed by atoms with E-state index in [0.717, 1.165) is 6.54 Å². The molecule has 0 aliphatic carbocycles. The summed E-state index contributed by atoms with van der Waals surface area (Å²) in [7, 11) is 0. The maximum absolute atomic E-state index is 6.08. The molecule has 0 amide bonds. The zero-order valence-electron chi connectivity index (χ0n) is 12.4. The molecule has 0 spiro atoms. The predicted octanol–water partition coefficient (Wildman–Crippen LogP) is 2.58. The number of halogens is 1. The summed E-state index contributed by atoms with van der Waals surface area (Å²) in [5.41, 5.74) is 0. The fourth-order valence-corrected chi connectivity index (χ4v) is 3.08. The minimum Gasteiger partial charge on any atom is -0.337 e. The summed E-state index contributed by atoms with van der Waals surface area (Å²) < 4.78 is 1.60. The van der Waals surface area contributed by atoms with Crippen molar-refractivity contribution in [1.29, 1.82) is 0 Å². The Kier molecular flexibility index (Phi) is 3.80. The number of rotatable bonds is 2. The van der Waals surface area contributed by atoms with Crippen LogP contribution in [-0.2, 0) is 0 Å².